The van der Waals surface area contributed by atoms with Crippen LogP contribution in [0.3, 0.4) is 0 Å². The van der Waals surface area contributed by atoms with Crippen molar-refractivity contribution in [2.75, 3.05) is 14.1 Å². The molecule has 0 saturated heterocycles. The molecule has 0 bridgehead atoms. The summed E-state index contributed by atoms with van der Waals surface area (Å²) in [6, 6.07) is 11.2. The minimum atomic E-state index is -3.31. The second-order valence-corrected chi connectivity index (χ2v) is 10.6. The van der Waals surface area contributed by atoms with Crippen LogP contribution in [0.25, 0.3) is 6.08 Å². The first-order valence-corrected chi connectivity index (χ1v) is 12.1. The first kappa shape index (κ1) is 25.0. The third-order valence-corrected chi connectivity index (χ3v) is 6.57. The van der Waals surface area contributed by atoms with Gasteiger partial charge in [0.25, 0.3) is 5.91 Å². The van der Waals surface area contributed by atoms with E-state index in [1.807, 2.05) is 37.2 Å². The molecule has 0 heterocycles. The molecule has 0 aromatic heterocycles. The van der Waals surface area contributed by atoms with Crippen LogP contribution in [0.1, 0.15) is 67.3 Å². The zero-order valence-corrected chi connectivity index (χ0v) is 20.3. The molecule has 0 aliphatic rings. The fourth-order valence-electron chi connectivity index (χ4n) is 3.64. The van der Waals surface area contributed by atoms with Crippen LogP contribution in [0, 0.1) is 0 Å². The summed E-state index contributed by atoms with van der Waals surface area (Å²) in [6.45, 7) is 13.0. The predicted octanol–water partition coefficient (Wildman–Crippen LogP) is 5.11. The third-order valence-electron chi connectivity index (χ3n) is 5.15. The van der Waals surface area contributed by atoms with E-state index in [1.165, 1.54) is 0 Å². The van der Waals surface area contributed by atoms with Crippen LogP contribution in [-0.4, -0.2) is 29.1 Å². The Bertz CT molecular complexity index is 1030. The molecule has 0 aliphatic heterocycles. The largest absolute Gasteiger partial charge is 0.305 e. The summed E-state index contributed by atoms with van der Waals surface area (Å²) < 4.78 is 17.0. The summed E-state index contributed by atoms with van der Waals surface area (Å²) in [5.41, 5.74) is 5.21. The van der Waals surface area contributed by atoms with Gasteiger partial charge in [-0.3, -0.25) is 4.79 Å². The standard InChI is InChI=1S/C25H35N3O2S/c1-8-19-13-22(17(2)3)24(23(14-19)18(4)5)15-25(29)27-31(26,30)21-11-9-20(10-12-21)16-28(6)7/h8-14,17-18H,1,15-16H2,2-7H3,(H2,26,27,29,30). The van der Waals surface area contributed by atoms with Crippen LogP contribution in [0.5, 0.6) is 0 Å². The molecule has 6 heteroatoms. The van der Waals surface area contributed by atoms with E-state index in [2.05, 4.69) is 50.8 Å². The van der Waals surface area contributed by atoms with E-state index in [0.29, 0.717) is 4.90 Å². The lowest BCUT2D eigenvalue weighted by atomic mass is 9.85. The number of carbonyl (C=O) groups is 1. The molecule has 0 radical (unpaired) electrons. The van der Waals surface area contributed by atoms with Gasteiger partial charge in [-0.25, -0.2) is 9.35 Å². The van der Waals surface area contributed by atoms with Gasteiger partial charge >= 0.3 is 0 Å². The lowest BCUT2D eigenvalue weighted by Gasteiger charge is -2.20. The summed E-state index contributed by atoms with van der Waals surface area (Å²) in [5, 5.41) is 6.00. The molecule has 1 atom stereocenters. The molecule has 2 aromatic carbocycles. The number of carbonyl (C=O) groups excluding carboxylic acids is 1. The summed E-state index contributed by atoms with van der Waals surface area (Å²) in [6.07, 6.45) is 1.89. The van der Waals surface area contributed by atoms with E-state index in [4.69, 9.17) is 5.14 Å². The highest BCUT2D eigenvalue weighted by molar-refractivity contribution is 7.91. The van der Waals surface area contributed by atoms with Crippen molar-refractivity contribution in [1.29, 1.82) is 0 Å². The maximum atomic E-state index is 13.0. The Morgan fingerprint density at radius 2 is 1.61 bits per heavy atom. The monoisotopic (exact) mass is 441 g/mol. The van der Waals surface area contributed by atoms with Crippen molar-refractivity contribution >= 4 is 21.9 Å². The smallest absolute Gasteiger partial charge is 0.259 e. The summed E-state index contributed by atoms with van der Waals surface area (Å²) in [4.78, 5) is 15.3. The van der Waals surface area contributed by atoms with Gasteiger partial charge in [-0.1, -0.05) is 64.6 Å². The van der Waals surface area contributed by atoms with Gasteiger partial charge in [0.1, 0.15) is 9.92 Å². The predicted molar refractivity (Wildman–Crippen MR) is 130 cm³/mol. The second-order valence-electron chi connectivity index (χ2n) is 8.80. The van der Waals surface area contributed by atoms with Crippen LogP contribution in [0.4, 0.5) is 0 Å². The third kappa shape index (κ3) is 6.60. The molecule has 0 fully saturated rings. The van der Waals surface area contributed by atoms with Crippen LogP contribution < -0.4 is 5.14 Å². The Balaban J connectivity index is 2.41. The minimum absolute atomic E-state index is 0.0748. The molecule has 168 valence electrons. The normalized spacial score (nSPS) is 13.5. The van der Waals surface area contributed by atoms with E-state index >= 15 is 0 Å². The zero-order chi connectivity index (χ0) is 23.3. The van der Waals surface area contributed by atoms with E-state index in [0.717, 1.165) is 34.4 Å². The summed E-state index contributed by atoms with van der Waals surface area (Å²) >= 11 is 0. The average Bonchev–Trinajstić information content (AvgIpc) is 2.67. The number of hydrogen-bond donors (Lipinski definition) is 1. The molecule has 2 N–H and O–H groups in total. The molecule has 0 spiro atoms. The van der Waals surface area contributed by atoms with Crippen LogP contribution >= 0.6 is 0 Å². The van der Waals surface area contributed by atoms with Gasteiger partial charge in [-0.05, 0) is 65.9 Å². The van der Waals surface area contributed by atoms with Gasteiger partial charge < -0.3 is 4.90 Å². The average molecular weight is 442 g/mol. The van der Waals surface area contributed by atoms with Gasteiger partial charge in [-0.15, -0.1) is 4.36 Å². The molecule has 1 amide bonds. The molecule has 1 unspecified atom stereocenters. The van der Waals surface area contributed by atoms with Crippen LogP contribution in [-0.2, 0) is 27.7 Å². The fourth-order valence-corrected chi connectivity index (χ4v) is 4.63. The summed E-state index contributed by atoms with van der Waals surface area (Å²) in [5.74, 6) is -0.0154. The highest BCUT2D eigenvalue weighted by Gasteiger charge is 2.19. The van der Waals surface area contributed by atoms with Crippen molar-refractivity contribution in [2.45, 2.75) is 57.4 Å². The molecule has 0 aliphatic carbocycles. The highest BCUT2D eigenvalue weighted by atomic mass is 32.2. The van der Waals surface area contributed by atoms with Crippen molar-refractivity contribution in [3.63, 3.8) is 0 Å². The number of nitrogens with zero attached hydrogens (tertiary/aromatic N) is 2. The van der Waals surface area contributed by atoms with Crippen molar-refractivity contribution < 1.29 is 9.00 Å². The number of benzene rings is 2. The number of nitrogens with two attached hydrogens (primary N) is 1. The molecular formula is C25H35N3O2S. The topological polar surface area (TPSA) is 75.8 Å². The lowest BCUT2D eigenvalue weighted by Crippen LogP contribution is -2.17. The number of amides is 1. The minimum Gasteiger partial charge on any atom is -0.305 e. The van der Waals surface area contributed by atoms with Crippen molar-refractivity contribution in [3.8, 4) is 0 Å². The Kier molecular flexibility index (Phi) is 8.34. The van der Waals surface area contributed by atoms with Crippen LogP contribution in [0.15, 0.2) is 52.2 Å². The van der Waals surface area contributed by atoms with Gasteiger partial charge in [0.05, 0.1) is 11.3 Å². The molecule has 5 nitrogen and oxygen atoms in total. The van der Waals surface area contributed by atoms with Crippen LogP contribution in [0.2, 0.25) is 0 Å². The Morgan fingerprint density at radius 3 is 2.03 bits per heavy atom. The molecule has 2 aromatic rings. The number of rotatable bonds is 8. The van der Waals surface area contributed by atoms with Gasteiger partial charge in [-0.2, -0.15) is 0 Å². The lowest BCUT2D eigenvalue weighted by molar-refractivity contribution is -0.117. The van der Waals surface area contributed by atoms with Gasteiger partial charge in [0.2, 0.25) is 0 Å². The van der Waals surface area contributed by atoms with Crippen molar-refractivity contribution in [3.05, 3.63) is 70.8 Å². The Morgan fingerprint density at radius 1 is 1.10 bits per heavy atom. The SMILES string of the molecule is C=Cc1cc(C(C)C)c(CC(=O)N=S(N)(=O)c2ccc(CN(C)C)cc2)c(C(C)C)c1. The van der Waals surface area contributed by atoms with Crippen molar-refractivity contribution in [1.82, 2.24) is 4.90 Å². The van der Waals surface area contributed by atoms with E-state index in [9.17, 15) is 9.00 Å². The highest BCUT2D eigenvalue weighted by Crippen LogP contribution is 2.31. The number of hydrogen-bond acceptors (Lipinski definition) is 3. The van der Waals surface area contributed by atoms with E-state index in [-0.39, 0.29) is 18.3 Å². The zero-order valence-electron chi connectivity index (χ0n) is 19.5. The first-order chi connectivity index (χ1) is 14.4. The van der Waals surface area contributed by atoms with Crippen molar-refractivity contribution in [2.24, 2.45) is 9.50 Å². The van der Waals surface area contributed by atoms with E-state index in [1.54, 1.807) is 12.1 Å². The fraction of sp³-hybridized carbons (Fsp3) is 0.400. The van der Waals surface area contributed by atoms with E-state index < -0.39 is 15.8 Å². The van der Waals surface area contributed by atoms with Gasteiger partial charge in [0, 0.05) is 6.54 Å². The Labute approximate surface area is 187 Å². The quantitative estimate of drug-likeness (QED) is 0.619. The van der Waals surface area contributed by atoms with Gasteiger partial charge in [0.15, 0.2) is 0 Å². The maximum absolute atomic E-state index is 13.0. The maximum Gasteiger partial charge on any atom is 0.259 e. The molecular weight excluding hydrogens is 406 g/mol. The Hall–Kier alpha value is -2.28. The second kappa shape index (κ2) is 10.4. The molecule has 2 rings (SSSR count). The first-order valence-electron chi connectivity index (χ1n) is 10.5. The molecule has 31 heavy (non-hydrogen) atoms. The molecule has 0 saturated carbocycles. The summed E-state index contributed by atoms with van der Waals surface area (Å²) in [7, 11) is 0.649.